The van der Waals surface area contributed by atoms with Crippen LogP contribution in [0, 0.1) is 0 Å². The number of carbonyl (C=O) groups is 1. The zero-order valence-electron chi connectivity index (χ0n) is 14.8. The fourth-order valence-electron chi connectivity index (χ4n) is 2.40. The Kier molecular flexibility index (Phi) is 6.73. The van der Waals surface area contributed by atoms with Gasteiger partial charge in [0, 0.05) is 26.1 Å². The summed E-state index contributed by atoms with van der Waals surface area (Å²) >= 11 is 0. The van der Waals surface area contributed by atoms with Crippen LogP contribution in [0.5, 0.6) is 0 Å². The summed E-state index contributed by atoms with van der Waals surface area (Å²) in [6.45, 7) is 1.56. The molecule has 9 heteroatoms. The molecule has 0 aliphatic carbocycles. The minimum Gasteiger partial charge on any atom is -0.337 e. The van der Waals surface area contributed by atoms with Crippen LogP contribution in [0.2, 0.25) is 0 Å². The molecule has 0 unspecified atom stereocenters. The Bertz CT molecular complexity index is 701. The van der Waals surface area contributed by atoms with Gasteiger partial charge in [0.15, 0.2) is 0 Å². The molecule has 0 radical (unpaired) electrons. The monoisotopic (exact) mass is 369 g/mol. The molecule has 142 valence electrons. The number of nitrogens with zero attached hydrogens (tertiary/aromatic N) is 5. The van der Waals surface area contributed by atoms with Gasteiger partial charge in [0.1, 0.15) is 12.7 Å². The van der Waals surface area contributed by atoms with Crippen molar-refractivity contribution in [3.8, 4) is 0 Å². The molecule has 0 bridgehead atoms. The largest absolute Gasteiger partial charge is 0.416 e. The van der Waals surface area contributed by atoms with Crippen LogP contribution in [0.4, 0.5) is 13.2 Å². The van der Waals surface area contributed by atoms with Crippen molar-refractivity contribution in [3.05, 3.63) is 48.0 Å². The molecule has 1 heterocycles. The van der Waals surface area contributed by atoms with Crippen LogP contribution in [-0.4, -0.2) is 57.7 Å². The van der Waals surface area contributed by atoms with Gasteiger partial charge in [0.05, 0.1) is 12.1 Å². The summed E-state index contributed by atoms with van der Waals surface area (Å²) in [5.41, 5.74) is -0.259. The first-order chi connectivity index (χ1) is 12.3. The van der Waals surface area contributed by atoms with E-state index in [0.717, 1.165) is 12.1 Å². The van der Waals surface area contributed by atoms with Crippen molar-refractivity contribution in [3.63, 3.8) is 0 Å². The highest BCUT2D eigenvalue weighted by molar-refractivity contribution is 5.76. The number of benzene rings is 1. The van der Waals surface area contributed by atoms with Crippen LogP contribution >= 0.6 is 0 Å². The van der Waals surface area contributed by atoms with E-state index in [1.807, 2.05) is 19.0 Å². The first-order valence-corrected chi connectivity index (χ1v) is 8.17. The number of hydrogen-bond donors (Lipinski definition) is 0. The number of rotatable bonds is 8. The molecule has 2 rings (SSSR count). The summed E-state index contributed by atoms with van der Waals surface area (Å²) in [6, 6.07) is 5.08. The predicted molar refractivity (Wildman–Crippen MR) is 90.1 cm³/mol. The van der Waals surface area contributed by atoms with Crippen molar-refractivity contribution in [2.75, 3.05) is 27.2 Å². The van der Waals surface area contributed by atoms with Gasteiger partial charge in [-0.25, -0.2) is 4.98 Å². The van der Waals surface area contributed by atoms with Crippen LogP contribution < -0.4 is 0 Å². The molecule has 0 N–H and O–H groups in total. The minimum atomic E-state index is -4.40. The topological polar surface area (TPSA) is 54.3 Å². The van der Waals surface area contributed by atoms with E-state index < -0.39 is 11.7 Å². The maximum absolute atomic E-state index is 12.9. The van der Waals surface area contributed by atoms with Gasteiger partial charge in [0.25, 0.3) is 0 Å². The molecule has 0 spiro atoms. The number of likely N-dealkylation sites (N-methyl/N-ethyl adjacent to an activating group) is 1. The van der Waals surface area contributed by atoms with Gasteiger partial charge in [-0.2, -0.15) is 18.3 Å². The van der Waals surface area contributed by atoms with Gasteiger partial charge < -0.3 is 9.80 Å². The van der Waals surface area contributed by atoms with Gasteiger partial charge in [0.2, 0.25) is 5.91 Å². The highest BCUT2D eigenvalue weighted by Crippen LogP contribution is 2.29. The van der Waals surface area contributed by atoms with E-state index in [2.05, 4.69) is 10.1 Å². The quantitative estimate of drug-likeness (QED) is 0.716. The standard InChI is InChI=1S/C17H22F3N5O/c1-23(2)8-9-24(16(26)6-7-25-13-21-12-22-25)11-14-4-3-5-15(10-14)17(18,19)20/h3-5,10,12-13H,6-9,11H2,1-2H3. The zero-order chi connectivity index (χ0) is 19.2. The summed E-state index contributed by atoms with van der Waals surface area (Å²) in [7, 11) is 3.75. The van der Waals surface area contributed by atoms with Gasteiger partial charge in [-0.05, 0) is 31.8 Å². The molecular weight excluding hydrogens is 347 g/mol. The van der Waals surface area contributed by atoms with E-state index >= 15 is 0 Å². The molecule has 0 aliphatic heterocycles. The lowest BCUT2D eigenvalue weighted by atomic mass is 10.1. The number of alkyl halides is 3. The van der Waals surface area contributed by atoms with Crippen molar-refractivity contribution in [1.82, 2.24) is 24.6 Å². The number of halogens is 3. The zero-order valence-corrected chi connectivity index (χ0v) is 14.8. The Balaban J connectivity index is 2.07. The predicted octanol–water partition coefficient (Wildman–Crippen LogP) is 2.28. The van der Waals surface area contributed by atoms with Crippen LogP contribution in [0.3, 0.4) is 0 Å². The Hall–Kier alpha value is -2.42. The summed E-state index contributed by atoms with van der Waals surface area (Å²) < 4.78 is 40.2. The minimum absolute atomic E-state index is 0.133. The molecule has 26 heavy (non-hydrogen) atoms. The van der Waals surface area contributed by atoms with Crippen LogP contribution in [0.25, 0.3) is 0 Å². The van der Waals surface area contributed by atoms with Gasteiger partial charge in [-0.15, -0.1) is 0 Å². The van der Waals surface area contributed by atoms with Crippen LogP contribution in [-0.2, 0) is 24.1 Å². The maximum Gasteiger partial charge on any atom is 0.416 e. The van der Waals surface area contributed by atoms with Crippen molar-refractivity contribution >= 4 is 5.91 Å². The van der Waals surface area contributed by atoms with Crippen molar-refractivity contribution < 1.29 is 18.0 Å². The number of aromatic nitrogens is 3. The second-order valence-electron chi connectivity index (χ2n) is 6.23. The second kappa shape index (κ2) is 8.79. The molecule has 0 atom stereocenters. The van der Waals surface area contributed by atoms with E-state index in [9.17, 15) is 18.0 Å². The first kappa shape index (κ1) is 19.9. The van der Waals surface area contributed by atoms with E-state index in [1.54, 1.807) is 15.6 Å². The number of carbonyl (C=O) groups excluding carboxylic acids is 1. The Morgan fingerprint density at radius 1 is 1.23 bits per heavy atom. The first-order valence-electron chi connectivity index (χ1n) is 8.17. The molecule has 0 saturated heterocycles. The molecule has 0 aliphatic rings. The van der Waals surface area contributed by atoms with Crippen molar-refractivity contribution in [2.45, 2.75) is 25.7 Å². The molecule has 0 saturated carbocycles. The summed E-state index contributed by atoms with van der Waals surface area (Å²) in [4.78, 5) is 19.9. The average Bonchev–Trinajstić information content (AvgIpc) is 3.09. The third kappa shape index (κ3) is 6.14. The number of hydrogen-bond acceptors (Lipinski definition) is 4. The molecule has 1 aromatic carbocycles. The van der Waals surface area contributed by atoms with E-state index in [4.69, 9.17) is 0 Å². The smallest absolute Gasteiger partial charge is 0.337 e. The normalized spacial score (nSPS) is 11.8. The van der Waals surface area contributed by atoms with Crippen molar-refractivity contribution in [1.29, 1.82) is 0 Å². The van der Waals surface area contributed by atoms with Gasteiger partial charge >= 0.3 is 6.18 Å². The lowest BCUT2D eigenvalue weighted by Crippen LogP contribution is -2.36. The highest BCUT2D eigenvalue weighted by atomic mass is 19.4. The summed E-state index contributed by atoms with van der Waals surface area (Å²) in [5, 5.41) is 3.95. The van der Waals surface area contributed by atoms with Gasteiger partial charge in [-0.3, -0.25) is 9.48 Å². The lowest BCUT2D eigenvalue weighted by Gasteiger charge is -2.25. The Labute approximate surface area is 150 Å². The number of aryl methyl sites for hydroxylation is 1. The molecule has 2 aromatic rings. The second-order valence-corrected chi connectivity index (χ2v) is 6.23. The van der Waals surface area contributed by atoms with Gasteiger partial charge in [-0.1, -0.05) is 12.1 Å². The van der Waals surface area contributed by atoms with E-state index in [0.29, 0.717) is 25.2 Å². The molecular formula is C17H22F3N5O. The molecule has 0 fully saturated rings. The van der Waals surface area contributed by atoms with Crippen LogP contribution in [0.1, 0.15) is 17.5 Å². The number of amides is 1. The fraction of sp³-hybridized carbons (Fsp3) is 0.471. The lowest BCUT2D eigenvalue weighted by molar-refractivity contribution is -0.137. The van der Waals surface area contributed by atoms with E-state index in [-0.39, 0.29) is 18.9 Å². The Morgan fingerprint density at radius 3 is 2.62 bits per heavy atom. The van der Waals surface area contributed by atoms with Crippen LogP contribution in [0.15, 0.2) is 36.9 Å². The molecule has 6 nitrogen and oxygen atoms in total. The summed E-state index contributed by atoms with van der Waals surface area (Å²) in [6.07, 6.45) is -1.29. The molecule has 1 aromatic heterocycles. The maximum atomic E-state index is 12.9. The SMILES string of the molecule is CN(C)CCN(Cc1cccc(C(F)(F)F)c1)C(=O)CCn1cncn1. The van der Waals surface area contributed by atoms with E-state index in [1.165, 1.54) is 18.7 Å². The molecule has 1 amide bonds. The van der Waals surface area contributed by atoms with Crippen molar-refractivity contribution in [2.24, 2.45) is 0 Å². The average molecular weight is 369 g/mol. The Morgan fingerprint density at radius 2 is 2.00 bits per heavy atom. The third-order valence-corrected chi connectivity index (χ3v) is 3.82. The fourth-order valence-corrected chi connectivity index (χ4v) is 2.40. The third-order valence-electron chi connectivity index (χ3n) is 3.82. The summed E-state index contributed by atoms with van der Waals surface area (Å²) in [5.74, 6) is -0.139. The highest BCUT2D eigenvalue weighted by Gasteiger charge is 2.30.